The molecule has 0 saturated carbocycles. The van der Waals surface area contributed by atoms with E-state index in [2.05, 4.69) is 11.1 Å². The number of hydrogen-bond donors (Lipinski definition) is 1. The van der Waals surface area contributed by atoms with E-state index in [-0.39, 0.29) is 22.9 Å². The number of aromatic nitrogens is 1. The van der Waals surface area contributed by atoms with Crippen LogP contribution in [0.5, 0.6) is 0 Å². The van der Waals surface area contributed by atoms with Gasteiger partial charge in [-0.25, -0.2) is 0 Å². The Hall–Kier alpha value is -2.08. The molecule has 0 fully saturated rings. The van der Waals surface area contributed by atoms with Gasteiger partial charge in [-0.1, -0.05) is 17.7 Å². The molecule has 1 aromatic carbocycles. The molecule has 6 heteroatoms. The highest BCUT2D eigenvalue weighted by molar-refractivity contribution is 8.00. The van der Waals surface area contributed by atoms with E-state index in [4.69, 9.17) is 0 Å². The van der Waals surface area contributed by atoms with Crippen molar-refractivity contribution in [2.45, 2.75) is 18.7 Å². The van der Waals surface area contributed by atoms with E-state index in [9.17, 15) is 14.9 Å². The van der Waals surface area contributed by atoms with Crippen LogP contribution < -0.4 is 0 Å². The van der Waals surface area contributed by atoms with Crippen LogP contribution in [-0.4, -0.2) is 21.4 Å². The lowest BCUT2D eigenvalue weighted by Gasteiger charge is -2.05. The van der Waals surface area contributed by atoms with Gasteiger partial charge in [0.05, 0.1) is 22.6 Å². The summed E-state index contributed by atoms with van der Waals surface area (Å²) in [5.74, 6) is 0.102. The average Bonchev–Trinajstić information content (AvgIpc) is 2.87. The molecule has 0 unspecified atom stereocenters. The minimum absolute atomic E-state index is 0.0927. The number of hydrogen-bond acceptors (Lipinski definition) is 4. The lowest BCUT2D eigenvalue weighted by atomic mass is 10.2. The van der Waals surface area contributed by atoms with Gasteiger partial charge in [0, 0.05) is 11.0 Å². The number of nitro groups is 1. The van der Waals surface area contributed by atoms with Crippen molar-refractivity contribution in [1.29, 1.82) is 0 Å². The number of benzene rings is 1. The fraction of sp³-hybridized carbons (Fsp3) is 0.214. The highest BCUT2D eigenvalue weighted by Gasteiger charge is 2.14. The molecule has 1 heterocycles. The molecule has 20 heavy (non-hydrogen) atoms. The van der Waals surface area contributed by atoms with E-state index in [1.165, 1.54) is 29.6 Å². The summed E-state index contributed by atoms with van der Waals surface area (Å²) in [6.07, 6.45) is 1.23. The van der Waals surface area contributed by atoms with Crippen LogP contribution in [-0.2, 0) is 0 Å². The molecular formula is C14H14N2O3S. The molecule has 0 aliphatic rings. The Morgan fingerprint density at radius 2 is 2.10 bits per heavy atom. The zero-order valence-electron chi connectivity index (χ0n) is 11.2. The van der Waals surface area contributed by atoms with Crippen LogP contribution in [0.2, 0.25) is 0 Å². The van der Waals surface area contributed by atoms with Crippen molar-refractivity contribution in [3.63, 3.8) is 0 Å². The van der Waals surface area contributed by atoms with Gasteiger partial charge in [0.25, 0.3) is 5.69 Å². The van der Waals surface area contributed by atoms with Crippen LogP contribution in [0.25, 0.3) is 0 Å². The highest BCUT2D eigenvalue weighted by atomic mass is 32.2. The zero-order chi connectivity index (χ0) is 14.7. The summed E-state index contributed by atoms with van der Waals surface area (Å²) in [5, 5.41) is 10.6. The molecule has 2 rings (SSSR count). The summed E-state index contributed by atoms with van der Waals surface area (Å²) >= 11 is 1.44. The molecule has 0 aliphatic carbocycles. The summed E-state index contributed by atoms with van der Waals surface area (Å²) in [6.45, 7) is 4.02. The Morgan fingerprint density at radius 3 is 2.70 bits per heavy atom. The van der Waals surface area contributed by atoms with Crippen molar-refractivity contribution < 1.29 is 9.72 Å². The molecule has 0 saturated heterocycles. The Balaban J connectivity index is 2.02. The predicted octanol–water partition coefficient (Wildman–Crippen LogP) is 3.51. The number of rotatable bonds is 5. The van der Waals surface area contributed by atoms with Gasteiger partial charge in [0.2, 0.25) is 0 Å². The average molecular weight is 290 g/mol. The number of nitrogens with zero attached hydrogens (tertiary/aromatic N) is 1. The first-order valence-corrected chi connectivity index (χ1v) is 7.02. The Morgan fingerprint density at radius 1 is 1.35 bits per heavy atom. The van der Waals surface area contributed by atoms with Crippen LogP contribution in [0.1, 0.15) is 21.6 Å². The van der Waals surface area contributed by atoms with Gasteiger partial charge < -0.3 is 4.98 Å². The second kappa shape index (κ2) is 5.92. The monoisotopic (exact) mass is 290 g/mol. The molecular weight excluding hydrogens is 276 g/mol. The van der Waals surface area contributed by atoms with Gasteiger partial charge in [-0.3, -0.25) is 14.9 Å². The van der Waals surface area contributed by atoms with Crippen LogP contribution in [0.3, 0.4) is 0 Å². The minimum atomic E-state index is -0.523. The van der Waals surface area contributed by atoms with E-state index >= 15 is 0 Å². The van der Waals surface area contributed by atoms with E-state index in [1.54, 1.807) is 0 Å². The maximum atomic E-state index is 12.0. The van der Waals surface area contributed by atoms with Crippen molar-refractivity contribution in [2.75, 3.05) is 5.75 Å². The second-order valence-electron chi connectivity index (χ2n) is 4.51. The molecule has 0 radical (unpaired) electrons. The van der Waals surface area contributed by atoms with Gasteiger partial charge in [-0.2, -0.15) is 0 Å². The molecule has 1 aromatic heterocycles. The molecule has 0 amide bonds. The Labute approximate surface area is 120 Å². The maximum absolute atomic E-state index is 12.0. The van der Waals surface area contributed by atoms with Gasteiger partial charge in [-0.05, 0) is 25.5 Å². The van der Waals surface area contributed by atoms with E-state index in [0.29, 0.717) is 0 Å². The summed E-state index contributed by atoms with van der Waals surface area (Å²) in [4.78, 5) is 25.7. The summed E-state index contributed by atoms with van der Waals surface area (Å²) in [7, 11) is 0. The number of ketones is 1. The summed E-state index contributed by atoms with van der Waals surface area (Å²) in [6, 6.07) is 7.32. The van der Waals surface area contributed by atoms with Crippen LogP contribution in [0.15, 0.2) is 35.4 Å². The lowest BCUT2D eigenvalue weighted by molar-refractivity contribution is -0.384. The minimum Gasteiger partial charge on any atom is -0.353 e. The van der Waals surface area contributed by atoms with Gasteiger partial charge in [-0.15, -0.1) is 11.8 Å². The number of aromatic amines is 1. The van der Waals surface area contributed by atoms with Crippen LogP contribution >= 0.6 is 11.8 Å². The molecule has 104 valence electrons. The largest absolute Gasteiger partial charge is 0.353 e. The third-order valence-corrected chi connectivity index (χ3v) is 4.04. The summed E-state index contributed by atoms with van der Waals surface area (Å²) in [5.41, 5.74) is 2.48. The van der Waals surface area contributed by atoms with Gasteiger partial charge >= 0.3 is 0 Å². The van der Waals surface area contributed by atoms with Crippen molar-refractivity contribution in [3.8, 4) is 0 Å². The third-order valence-electron chi connectivity index (χ3n) is 2.87. The fourth-order valence-electron chi connectivity index (χ4n) is 1.83. The number of H-pyrrole nitrogens is 1. The molecule has 0 spiro atoms. The van der Waals surface area contributed by atoms with Crippen LogP contribution in [0, 0.1) is 24.0 Å². The normalized spacial score (nSPS) is 10.5. The SMILES string of the molecule is Cc1ccc(SCC(=O)c2cc([N+](=O)[O-])c[nH]2)c(C)c1. The standard InChI is InChI=1S/C14H14N2O3S/c1-9-3-4-14(10(2)5-9)20-8-13(17)12-6-11(7-15-12)16(18)19/h3-7,15H,8H2,1-2H3. The molecule has 0 atom stereocenters. The maximum Gasteiger partial charge on any atom is 0.287 e. The fourth-order valence-corrected chi connectivity index (χ4v) is 2.72. The second-order valence-corrected chi connectivity index (χ2v) is 5.53. The first-order chi connectivity index (χ1) is 9.47. The number of carbonyl (C=O) groups is 1. The van der Waals surface area contributed by atoms with Crippen molar-refractivity contribution in [3.05, 3.63) is 57.4 Å². The zero-order valence-corrected chi connectivity index (χ0v) is 12.0. The van der Waals surface area contributed by atoms with Crippen molar-refractivity contribution in [2.24, 2.45) is 0 Å². The van der Waals surface area contributed by atoms with E-state index in [1.807, 2.05) is 26.0 Å². The molecule has 1 N–H and O–H groups in total. The van der Waals surface area contributed by atoms with Crippen molar-refractivity contribution in [1.82, 2.24) is 4.98 Å². The van der Waals surface area contributed by atoms with Gasteiger partial charge in [0.15, 0.2) is 5.78 Å². The Bertz CT molecular complexity index is 664. The lowest BCUT2D eigenvalue weighted by Crippen LogP contribution is -2.02. The van der Waals surface area contributed by atoms with E-state index < -0.39 is 4.92 Å². The topological polar surface area (TPSA) is 76.0 Å². The Kier molecular flexibility index (Phi) is 4.24. The van der Waals surface area contributed by atoms with Gasteiger partial charge in [0.1, 0.15) is 0 Å². The van der Waals surface area contributed by atoms with Crippen molar-refractivity contribution >= 4 is 23.2 Å². The number of nitrogens with one attached hydrogen (secondary N) is 1. The molecule has 0 bridgehead atoms. The van der Waals surface area contributed by atoms with E-state index in [0.717, 1.165) is 10.5 Å². The first-order valence-electron chi connectivity index (χ1n) is 6.03. The smallest absolute Gasteiger partial charge is 0.287 e. The number of carbonyl (C=O) groups excluding carboxylic acids is 1. The summed E-state index contributed by atoms with van der Waals surface area (Å²) < 4.78 is 0. The molecule has 5 nitrogen and oxygen atoms in total. The number of thioether (sulfide) groups is 1. The quantitative estimate of drug-likeness (QED) is 0.395. The first kappa shape index (κ1) is 14.3. The third kappa shape index (κ3) is 3.27. The predicted molar refractivity (Wildman–Crippen MR) is 78.4 cm³/mol. The number of aryl methyl sites for hydroxylation is 2. The highest BCUT2D eigenvalue weighted by Crippen LogP contribution is 2.24. The van der Waals surface area contributed by atoms with Crippen LogP contribution in [0.4, 0.5) is 5.69 Å². The number of Topliss-reactive ketones (excluding diaryl/α,β-unsaturated/α-hetero) is 1. The molecule has 0 aliphatic heterocycles. The molecule has 2 aromatic rings.